The summed E-state index contributed by atoms with van der Waals surface area (Å²) < 4.78 is 0. The van der Waals surface area contributed by atoms with E-state index in [1.54, 1.807) is 0 Å². The Morgan fingerprint density at radius 2 is 0.833 bits per heavy atom. The average molecular weight is 259 g/mol. The minimum absolute atomic E-state index is 0. The van der Waals surface area contributed by atoms with E-state index < -0.39 is 0 Å². The predicted octanol–water partition coefficient (Wildman–Crippen LogP) is 4.47. The van der Waals surface area contributed by atoms with Crippen molar-refractivity contribution in [2.24, 2.45) is 0 Å². The predicted molar refractivity (Wildman–Crippen MR) is 83.2 cm³/mol. The highest BCUT2D eigenvalue weighted by Gasteiger charge is 1.92. The number of unbranched alkanes of at least 4 members (excludes halogenated alkanes) is 10. The first kappa shape index (κ1) is 20.2. The molecule has 0 saturated heterocycles. The number of hydrogen-bond donors (Lipinski definition) is 1. The van der Waals surface area contributed by atoms with Gasteiger partial charge in [-0.05, 0) is 25.9 Å². The second kappa shape index (κ2) is 19.3. The highest BCUT2D eigenvalue weighted by atomic mass is 16.0. The summed E-state index contributed by atoms with van der Waals surface area (Å²) in [7, 11) is 0. The minimum atomic E-state index is 0. The fourth-order valence-electron chi connectivity index (χ4n) is 2.19. The van der Waals surface area contributed by atoms with Crippen LogP contribution in [0.5, 0.6) is 0 Å². The van der Waals surface area contributed by atoms with E-state index in [0.717, 1.165) is 0 Å². The van der Waals surface area contributed by atoms with Crippen LogP contribution in [0.2, 0.25) is 0 Å². The van der Waals surface area contributed by atoms with Crippen molar-refractivity contribution in [2.45, 2.75) is 90.9 Å². The average Bonchev–Trinajstić information content (AvgIpc) is 2.35. The molecule has 0 bridgehead atoms. The molecule has 0 spiro atoms. The molecule has 0 aromatic carbocycles. The molecule has 3 N–H and O–H groups in total. The second-order valence-electron chi connectivity index (χ2n) is 5.29. The fraction of sp³-hybridized carbons (Fsp3) is 1.00. The Kier molecular flexibility index (Phi) is 21.7. The van der Waals surface area contributed by atoms with E-state index in [9.17, 15) is 0 Å². The van der Waals surface area contributed by atoms with E-state index in [2.05, 4.69) is 19.2 Å². The van der Waals surface area contributed by atoms with Crippen LogP contribution in [0.15, 0.2) is 0 Å². The molecule has 0 aliphatic rings. The third kappa shape index (κ3) is 18.3. The maximum absolute atomic E-state index is 3.57. The van der Waals surface area contributed by atoms with Gasteiger partial charge in [0.05, 0.1) is 0 Å². The van der Waals surface area contributed by atoms with Gasteiger partial charge in [-0.2, -0.15) is 0 Å². The molecule has 0 fully saturated rings. The van der Waals surface area contributed by atoms with Crippen molar-refractivity contribution in [2.75, 3.05) is 13.1 Å². The molecule has 112 valence electrons. The van der Waals surface area contributed by atoms with Gasteiger partial charge in [0, 0.05) is 0 Å². The van der Waals surface area contributed by atoms with Crippen molar-refractivity contribution in [3.05, 3.63) is 0 Å². The molecule has 2 nitrogen and oxygen atoms in total. The van der Waals surface area contributed by atoms with E-state index >= 15 is 0 Å². The first-order valence-corrected chi connectivity index (χ1v) is 8.12. The number of nitrogens with one attached hydrogen (secondary N) is 1. The second-order valence-corrected chi connectivity index (χ2v) is 5.29. The number of rotatable bonds is 14. The molecule has 0 aromatic heterocycles. The van der Waals surface area contributed by atoms with Gasteiger partial charge in [0.25, 0.3) is 0 Å². The van der Waals surface area contributed by atoms with Gasteiger partial charge in [0.2, 0.25) is 0 Å². The van der Waals surface area contributed by atoms with Crippen LogP contribution >= 0.6 is 0 Å². The van der Waals surface area contributed by atoms with Crippen LogP contribution in [0.25, 0.3) is 0 Å². The van der Waals surface area contributed by atoms with Gasteiger partial charge in [-0.1, -0.05) is 78.1 Å². The van der Waals surface area contributed by atoms with E-state index in [1.807, 2.05) is 0 Å². The Morgan fingerprint density at radius 3 is 1.22 bits per heavy atom. The molecule has 2 heteroatoms. The lowest BCUT2D eigenvalue weighted by Gasteiger charge is -2.04. The first-order chi connectivity index (χ1) is 8.41. The third-order valence-corrected chi connectivity index (χ3v) is 3.41. The van der Waals surface area contributed by atoms with Crippen molar-refractivity contribution in [1.82, 2.24) is 5.32 Å². The van der Waals surface area contributed by atoms with Crippen LogP contribution in [0.1, 0.15) is 90.9 Å². The summed E-state index contributed by atoms with van der Waals surface area (Å²) in [5.74, 6) is 0. The van der Waals surface area contributed by atoms with Crippen LogP contribution in [-0.2, 0) is 0 Å². The molecule has 0 radical (unpaired) electrons. The Morgan fingerprint density at radius 1 is 0.500 bits per heavy atom. The van der Waals surface area contributed by atoms with Gasteiger partial charge >= 0.3 is 0 Å². The van der Waals surface area contributed by atoms with E-state index in [0.29, 0.717) is 0 Å². The van der Waals surface area contributed by atoms with Crippen LogP contribution in [0.4, 0.5) is 0 Å². The summed E-state index contributed by atoms with van der Waals surface area (Å²) in [6.07, 6.45) is 16.9. The molecule has 0 aliphatic heterocycles. The highest BCUT2D eigenvalue weighted by Crippen LogP contribution is 2.05. The monoisotopic (exact) mass is 259 g/mol. The van der Waals surface area contributed by atoms with Gasteiger partial charge in [-0.25, -0.2) is 0 Å². The summed E-state index contributed by atoms with van der Waals surface area (Å²) in [5, 5.41) is 3.57. The lowest BCUT2D eigenvalue weighted by molar-refractivity contribution is 0.543. The van der Waals surface area contributed by atoms with Crippen LogP contribution in [0, 0.1) is 0 Å². The summed E-state index contributed by atoms with van der Waals surface area (Å²) in [6.45, 7) is 7.03. The van der Waals surface area contributed by atoms with Crippen LogP contribution < -0.4 is 5.32 Å². The standard InChI is InChI=1S/C16H35N.H2O/c1-3-5-7-9-11-13-15-17-16-14-12-10-8-6-4-2;/h17H,3-16H2,1-2H3;1H2. The largest absolute Gasteiger partial charge is 0.412 e. The summed E-state index contributed by atoms with van der Waals surface area (Å²) in [4.78, 5) is 0. The zero-order valence-electron chi connectivity index (χ0n) is 12.9. The summed E-state index contributed by atoms with van der Waals surface area (Å²) in [5.41, 5.74) is 0. The minimum Gasteiger partial charge on any atom is -0.412 e. The van der Waals surface area contributed by atoms with Gasteiger partial charge in [0.15, 0.2) is 0 Å². The molecule has 0 heterocycles. The molecule has 0 amide bonds. The quantitative estimate of drug-likeness (QED) is 0.459. The van der Waals surface area contributed by atoms with Crippen molar-refractivity contribution in [3.8, 4) is 0 Å². The molecule has 18 heavy (non-hydrogen) atoms. The van der Waals surface area contributed by atoms with Crippen LogP contribution in [0.3, 0.4) is 0 Å². The first-order valence-electron chi connectivity index (χ1n) is 8.12. The van der Waals surface area contributed by atoms with Crippen LogP contribution in [-0.4, -0.2) is 18.6 Å². The molecule has 0 rings (SSSR count). The smallest absolute Gasteiger partial charge is 0.00489 e. The molecular formula is C16H37NO. The lowest BCUT2D eigenvalue weighted by Crippen LogP contribution is -2.16. The molecule has 0 aromatic rings. The van der Waals surface area contributed by atoms with Crippen molar-refractivity contribution >= 4 is 0 Å². The SMILES string of the molecule is CCCCCCCCNCCCCCCCC.O. The molecule has 0 unspecified atom stereocenters. The molecule has 0 saturated carbocycles. The van der Waals surface area contributed by atoms with Gasteiger partial charge in [-0.3, -0.25) is 0 Å². The van der Waals surface area contributed by atoms with Gasteiger partial charge < -0.3 is 10.8 Å². The Hall–Kier alpha value is -0.0800. The van der Waals surface area contributed by atoms with Gasteiger partial charge in [0.1, 0.15) is 0 Å². The van der Waals surface area contributed by atoms with E-state index in [4.69, 9.17) is 0 Å². The van der Waals surface area contributed by atoms with E-state index in [1.165, 1.54) is 90.1 Å². The molecule has 0 aliphatic carbocycles. The Labute approximate surface area is 115 Å². The van der Waals surface area contributed by atoms with Crippen molar-refractivity contribution in [3.63, 3.8) is 0 Å². The Bertz CT molecular complexity index is 114. The highest BCUT2D eigenvalue weighted by molar-refractivity contribution is 4.51. The fourth-order valence-corrected chi connectivity index (χ4v) is 2.19. The maximum atomic E-state index is 3.57. The topological polar surface area (TPSA) is 43.5 Å². The maximum Gasteiger partial charge on any atom is -0.00489 e. The summed E-state index contributed by atoms with van der Waals surface area (Å²) >= 11 is 0. The summed E-state index contributed by atoms with van der Waals surface area (Å²) in [6, 6.07) is 0. The third-order valence-electron chi connectivity index (χ3n) is 3.41. The zero-order chi connectivity index (χ0) is 12.6. The molecular weight excluding hydrogens is 222 g/mol. The van der Waals surface area contributed by atoms with Crippen molar-refractivity contribution < 1.29 is 5.48 Å². The van der Waals surface area contributed by atoms with E-state index in [-0.39, 0.29) is 5.48 Å². The number of hydrogen-bond acceptors (Lipinski definition) is 1. The Balaban J connectivity index is 0. The zero-order valence-corrected chi connectivity index (χ0v) is 12.9. The lowest BCUT2D eigenvalue weighted by atomic mass is 10.1. The van der Waals surface area contributed by atoms with Gasteiger partial charge in [-0.15, -0.1) is 0 Å². The normalized spacial score (nSPS) is 10.3. The van der Waals surface area contributed by atoms with Crippen molar-refractivity contribution in [1.29, 1.82) is 0 Å². The molecule has 0 atom stereocenters.